The van der Waals surface area contributed by atoms with Crippen molar-refractivity contribution in [2.45, 2.75) is 64.6 Å². The van der Waals surface area contributed by atoms with Gasteiger partial charge in [-0.3, -0.25) is 24.0 Å². The second-order valence-electron chi connectivity index (χ2n) is 9.15. The van der Waals surface area contributed by atoms with Crippen LogP contribution >= 0.6 is 23.6 Å². The van der Waals surface area contributed by atoms with Gasteiger partial charge in [0.15, 0.2) is 0 Å². The van der Waals surface area contributed by atoms with Crippen molar-refractivity contribution in [3.63, 3.8) is 0 Å². The van der Waals surface area contributed by atoms with Gasteiger partial charge in [-0.05, 0) is 48.6 Å². The van der Waals surface area contributed by atoms with E-state index in [1.807, 2.05) is 29.6 Å². The molecule has 11 nitrogen and oxygen atoms in total. The number of nitrogens with two attached hydrogens (primary N) is 1. The number of carbonyl (C=O) groups excluding carboxylic acids is 5. The van der Waals surface area contributed by atoms with Crippen LogP contribution in [0.15, 0.2) is 29.6 Å². The molecule has 5 amide bonds. The van der Waals surface area contributed by atoms with Gasteiger partial charge in [-0.25, -0.2) is 0 Å². The van der Waals surface area contributed by atoms with Gasteiger partial charge in [0.25, 0.3) is 0 Å². The van der Waals surface area contributed by atoms with Crippen LogP contribution in [0.25, 0.3) is 10.1 Å². The van der Waals surface area contributed by atoms with Crippen molar-refractivity contribution >= 4 is 68.2 Å². The molecule has 7 N–H and O–H groups in total. The number of benzene rings is 1. The molecule has 212 valence electrons. The standard InChI is InChI=1S/C26H36N6O5S2/c1-15(33)29-13-22(24(27)35)32-25(36)20(9-6-7-11-28-17(3)38)31-26(37)21(30-16(2)34)12-18-14-39-23-10-5-4-8-19(18)23/h4-5,8,10,14,20-22H,6-7,9,11-13H2,1-3H3,(H2,27,35)(H,28,38)(H,29,33)(H,30,34)(H,31,37)(H,32,36)/t20-,21-,22-/m0/s1. The maximum absolute atomic E-state index is 13.4. The molecule has 0 aliphatic carbocycles. The number of amides is 5. The summed E-state index contributed by atoms with van der Waals surface area (Å²) in [6.07, 6.45) is 1.72. The molecule has 1 heterocycles. The Hall–Kier alpha value is -3.58. The van der Waals surface area contributed by atoms with Gasteiger partial charge in [-0.1, -0.05) is 30.4 Å². The number of carbonyl (C=O) groups is 5. The Morgan fingerprint density at radius 3 is 2.18 bits per heavy atom. The molecule has 0 unspecified atom stereocenters. The predicted octanol–water partition coefficient (Wildman–Crippen LogP) is 0.647. The number of thiophene rings is 1. The number of hydrogen-bond acceptors (Lipinski definition) is 7. The van der Waals surface area contributed by atoms with Gasteiger partial charge in [0.05, 0.1) is 4.99 Å². The first-order valence-electron chi connectivity index (χ1n) is 12.6. The molecule has 0 spiro atoms. The van der Waals surface area contributed by atoms with Crippen molar-refractivity contribution < 1.29 is 24.0 Å². The fourth-order valence-electron chi connectivity index (χ4n) is 3.89. The third-order valence-electron chi connectivity index (χ3n) is 5.82. The Morgan fingerprint density at radius 2 is 1.54 bits per heavy atom. The lowest BCUT2D eigenvalue weighted by Gasteiger charge is -2.25. The SMILES string of the molecule is CC(=O)NC[C@H](NC(=O)[C@H](CCCCNC(C)=S)NC(=O)[C@H](Cc1csc2ccccc12)NC(C)=O)C(N)=O. The Morgan fingerprint density at radius 1 is 0.872 bits per heavy atom. The van der Waals surface area contributed by atoms with Crippen LogP contribution in [0, 0.1) is 0 Å². The van der Waals surface area contributed by atoms with E-state index in [0.717, 1.165) is 15.6 Å². The zero-order valence-electron chi connectivity index (χ0n) is 22.3. The van der Waals surface area contributed by atoms with Crippen LogP contribution in [0.1, 0.15) is 45.6 Å². The number of unbranched alkanes of at least 4 members (excludes halogenated alkanes) is 1. The highest BCUT2D eigenvalue weighted by Crippen LogP contribution is 2.26. The van der Waals surface area contributed by atoms with Crippen LogP contribution < -0.4 is 32.3 Å². The second-order valence-corrected chi connectivity index (χ2v) is 10.7. The van der Waals surface area contributed by atoms with Gasteiger partial charge < -0.3 is 32.3 Å². The van der Waals surface area contributed by atoms with Crippen molar-refractivity contribution in [2.24, 2.45) is 5.73 Å². The first-order chi connectivity index (χ1) is 18.5. The Balaban J connectivity index is 2.19. The second kappa shape index (κ2) is 15.7. The molecule has 0 saturated carbocycles. The lowest BCUT2D eigenvalue weighted by molar-refractivity contribution is -0.133. The molecule has 1 aromatic carbocycles. The van der Waals surface area contributed by atoms with Crippen molar-refractivity contribution in [1.29, 1.82) is 0 Å². The van der Waals surface area contributed by atoms with Crippen LogP contribution in [0.3, 0.4) is 0 Å². The zero-order valence-corrected chi connectivity index (χ0v) is 23.9. The first kappa shape index (κ1) is 31.6. The van der Waals surface area contributed by atoms with Crippen LogP contribution in [-0.4, -0.2) is 65.7 Å². The highest BCUT2D eigenvalue weighted by Gasteiger charge is 2.29. The van der Waals surface area contributed by atoms with E-state index in [1.165, 1.54) is 13.8 Å². The summed E-state index contributed by atoms with van der Waals surface area (Å²) in [7, 11) is 0. The molecule has 39 heavy (non-hydrogen) atoms. The molecule has 0 aliphatic heterocycles. The van der Waals surface area contributed by atoms with Crippen molar-refractivity contribution in [3.05, 3.63) is 35.2 Å². The van der Waals surface area contributed by atoms with Gasteiger partial charge in [-0.15, -0.1) is 11.3 Å². The summed E-state index contributed by atoms with van der Waals surface area (Å²) in [6.45, 7) is 4.78. The molecule has 0 aliphatic rings. The smallest absolute Gasteiger partial charge is 0.243 e. The summed E-state index contributed by atoms with van der Waals surface area (Å²) >= 11 is 6.55. The summed E-state index contributed by atoms with van der Waals surface area (Å²) < 4.78 is 1.06. The monoisotopic (exact) mass is 576 g/mol. The normalized spacial score (nSPS) is 13.0. The number of primary amides is 1. The number of fused-ring (bicyclic) bond motifs is 1. The molecular weight excluding hydrogens is 540 g/mol. The maximum Gasteiger partial charge on any atom is 0.243 e. The minimum absolute atomic E-state index is 0.186. The topological polar surface area (TPSA) is 172 Å². The quantitative estimate of drug-likeness (QED) is 0.133. The molecule has 0 saturated heterocycles. The fourth-order valence-corrected chi connectivity index (χ4v) is 4.96. The van der Waals surface area contributed by atoms with Crippen LogP contribution in [0.4, 0.5) is 0 Å². The minimum Gasteiger partial charge on any atom is -0.380 e. The fraction of sp³-hybridized carbons (Fsp3) is 0.462. The third kappa shape index (κ3) is 11.0. The third-order valence-corrected chi connectivity index (χ3v) is 6.98. The highest BCUT2D eigenvalue weighted by molar-refractivity contribution is 7.80. The number of thiocarbonyl (C=S) groups is 1. The van der Waals surface area contributed by atoms with E-state index in [9.17, 15) is 24.0 Å². The maximum atomic E-state index is 13.4. The molecule has 1 aromatic heterocycles. The van der Waals surface area contributed by atoms with E-state index in [2.05, 4.69) is 26.6 Å². The van der Waals surface area contributed by atoms with E-state index in [4.69, 9.17) is 18.0 Å². The van der Waals surface area contributed by atoms with Crippen LogP contribution in [-0.2, 0) is 30.4 Å². The number of rotatable bonds is 15. The number of hydrogen-bond donors (Lipinski definition) is 6. The van der Waals surface area contributed by atoms with E-state index in [0.29, 0.717) is 24.4 Å². The molecule has 2 rings (SSSR count). The summed E-state index contributed by atoms with van der Waals surface area (Å²) in [5.41, 5.74) is 6.30. The molecule has 0 fully saturated rings. The van der Waals surface area contributed by atoms with Gasteiger partial charge in [0.1, 0.15) is 18.1 Å². The van der Waals surface area contributed by atoms with E-state index in [-0.39, 0.29) is 31.2 Å². The summed E-state index contributed by atoms with van der Waals surface area (Å²) in [4.78, 5) is 62.3. The number of nitrogens with one attached hydrogen (secondary N) is 5. The van der Waals surface area contributed by atoms with Gasteiger partial charge in [0.2, 0.25) is 29.5 Å². The summed E-state index contributed by atoms with van der Waals surface area (Å²) in [6, 6.07) is 4.66. The molecule has 13 heteroatoms. The largest absolute Gasteiger partial charge is 0.380 e. The van der Waals surface area contributed by atoms with Crippen molar-refractivity contribution in [3.8, 4) is 0 Å². The molecule has 0 radical (unpaired) electrons. The van der Waals surface area contributed by atoms with Gasteiger partial charge in [-0.2, -0.15) is 0 Å². The summed E-state index contributed by atoms with van der Waals surface area (Å²) in [5.74, 6) is -2.77. The van der Waals surface area contributed by atoms with Crippen LogP contribution in [0.2, 0.25) is 0 Å². The Bertz CT molecular complexity index is 1200. The summed E-state index contributed by atoms with van der Waals surface area (Å²) in [5, 5.41) is 16.4. The zero-order chi connectivity index (χ0) is 28.9. The van der Waals surface area contributed by atoms with Gasteiger partial charge in [0, 0.05) is 38.1 Å². The van der Waals surface area contributed by atoms with Gasteiger partial charge >= 0.3 is 0 Å². The first-order valence-corrected chi connectivity index (χ1v) is 13.9. The highest BCUT2D eigenvalue weighted by atomic mass is 32.1. The Kier molecular flexibility index (Phi) is 12.8. The average molecular weight is 577 g/mol. The van der Waals surface area contributed by atoms with Crippen LogP contribution in [0.5, 0.6) is 0 Å². The van der Waals surface area contributed by atoms with E-state index in [1.54, 1.807) is 18.3 Å². The van der Waals surface area contributed by atoms with E-state index < -0.39 is 35.8 Å². The minimum atomic E-state index is -1.16. The molecule has 3 atom stereocenters. The van der Waals surface area contributed by atoms with Crippen molar-refractivity contribution in [1.82, 2.24) is 26.6 Å². The average Bonchev–Trinajstić information content (AvgIpc) is 3.27. The van der Waals surface area contributed by atoms with Crippen molar-refractivity contribution in [2.75, 3.05) is 13.1 Å². The lowest BCUT2D eigenvalue weighted by Crippen LogP contribution is -2.58. The predicted molar refractivity (Wildman–Crippen MR) is 155 cm³/mol. The Labute approximate surface area is 237 Å². The molecule has 0 bridgehead atoms. The molecule has 2 aromatic rings. The van der Waals surface area contributed by atoms with E-state index >= 15 is 0 Å². The molecular formula is C26H36N6O5S2. The lowest BCUT2D eigenvalue weighted by atomic mass is 10.0.